The Hall–Kier alpha value is -1.63. The fourth-order valence-corrected chi connectivity index (χ4v) is 3.82. The van der Waals surface area contributed by atoms with Crippen molar-refractivity contribution in [3.05, 3.63) is 34.9 Å². The van der Waals surface area contributed by atoms with Crippen LogP contribution in [0.4, 0.5) is 0 Å². The van der Waals surface area contributed by atoms with E-state index in [-0.39, 0.29) is 17.9 Å². The van der Waals surface area contributed by atoms with E-state index in [1.54, 1.807) is 24.3 Å². The summed E-state index contributed by atoms with van der Waals surface area (Å²) >= 11 is 5.86. The van der Waals surface area contributed by atoms with Crippen LogP contribution in [0.3, 0.4) is 0 Å². The number of hydrogen-bond donors (Lipinski definition) is 2. The summed E-state index contributed by atoms with van der Waals surface area (Å²) in [5.41, 5.74) is 6.08. The Labute approximate surface area is 146 Å². The van der Waals surface area contributed by atoms with Gasteiger partial charge in [-0.25, -0.2) is 0 Å². The Morgan fingerprint density at radius 1 is 1.17 bits per heavy atom. The maximum Gasteiger partial charge on any atom is 0.253 e. The second-order valence-corrected chi connectivity index (χ2v) is 6.97. The number of nitrogens with two attached hydrogens (primary N) is 1. The molecule has 0 saturated carbocycles. The SMILES string of the molecule is NC(=O)[C@@H]1C[C@@H](O)CN1C1CCN(C(=O)c2ccc(Cl)cc2)CC1. The molecular formula is C17H22ClN3O3. The molecule has 0 unspecified atom stereocenters. The monoisotopic (exact) mass is 351 g/mol. The molecule has 0 bridgehead atoms. The Morgan fingerprint density at radius 2 is 1.79 bits per heavy atom. The maximum atomic E-state index is 12.5. The number of hydrogen-bond acceptors (Lipinski definition) is 4. The van der Waals surface area contributed by atoms with Crippen LogP contribution < -0.4 is 5.73 Å². The fraction of sp³-hybridized carbons (Fsp3) is 0.529. The quantitative estimate of drug-likeness (QED) is 0.845. The number of amides is 2. The van der Waals surface area contributed by atoms with E-state index in [4.69, 9.17) is 17.3 Å². The summed E-state index contributed by atoms with van der Waals surface area (Å²) in [4.78, 5) is 27.9. The number of likely N-dealkylation sites (tertiary alicyclic amines) is 2. The molecule has 2 heterocycles. The standard InChI is InChI=1S/C17H22ClN3O3/c18-12-3-1-11(2-4-12)17(24)20-7-5-13(6-8-20)21-10-14(22)9-15(21)16(19)23/h1-4,13-15,22H,5-10H2,(H2,19,23)/t14-,15+/m1/s1. The normalized spacial score (nSPS) is 25.8. The molecule has 2 amide bonds. The van der Waals surface area contributed by atoms with Crippen molar-refractivity contribution in [3.8, 4) is 0 Å². The first-order valence-electron chi connectivity index (χ1n) is 8.23. The second-order valence-electron chi connectivity index (χ2n) is 6.53. The van der Waals surface area contributed by atoms with E-state index in [1.165, 1.54) is 0 Å². The Bertz CT molecular complexity index is 614. The minimum atomic E-state index is -0.503. The van der Waals surface area contributed by atoms with Crippen LogP contribution in [-0.4, -0.2) is 64.5 Å². The molecule has 2 fully saturated rings. The Balaban J connectivity index is 1.60. The van der Waals surface area contributed by atoms with Gasteiger partial charge < -0.3 is 15.7 Å². The molecule has 3 rings (SSSR count). The van der Waals surface area contributed by atoms with Gasteiger partial charge in [0.25, 0.3) is 5.91 Å². The van der Waals surface area contributed by atoms with Gasteiger partial charge in [-0.15, -0.1) is 0 Å². The van der Waals surface area contributed by atoms with Crippen molar-refractivity contribution in [1.29, 1.82) is 0 Å². The van der Waals surface area contributed by atoms with Gasteiger partial charge in [-0.1, -0.05) is 11.6 Å². The van der Waals surface area contributed by atoms with Crippen molar-refractivity contribution < 1.29 is 14.7 Å². The number of carbonyl (C=O) groups is 2. The van der Waals surface area contributed by atoms with Crippen molar-refractivity contribution in [1.82, 2.24) is 9.80 Å². The number of β-amino-alcohol motifs (C(OH)–C–C–N with tert-alkyl or cyclic N) is 1. The average Bonchev–Trinajstić information content (AvgIpc) is 2.97. The average molecular weight is 352 g/mol. The molecule has 2 atom stereocenters. The first kappa shape index (κ1) is 17.2. The maximum absolute atomic E-state index is 12.5. The molecule has 0 radical (unpaired) electrons. The van der Waals surface area contributed by atoms with Gasteiger partial charge in [-0.2, -0.15) is 0 Å². The van der Waals surface area contributed by atoms with Crippen LogP contribution in [0.15, 0.2) is 24.3 Å². The molecule has 7 heteroatoms. The van der Waals surface area contributed by atoms with E-state index in [1.807, 2.05) is 9.80 Å². The second kappa shape index (κ2) is 7.09. The largest absolute Gasteiger partial charge is 0.392 e. The lowest BCUT2D eigenvalue weighted by Gasteiger charge is -2.38. The van der Waals surface area contributed by atoms with Gasteiger partial charge in [0.15, 0.2) is 0 Å². The molecule has 1 aromatic rings. The molecule has 24 heavy (non-hydrogen) atoms. The van der Waals surface area contributed by atoms with Crippen LogP contribution in [0, 0.1) is 0 Å². The zero-order chi connectivity index (χ0) is 17.3. The number of aliphatic hydroxyl groups excluding tert-OH is 1. The first-order chi connectivity index (χ1) is 11.5. The van der Waals surface area contributed by atoms with E-state index < -0.39 is 12.1 Å². The molecule has 0 aliphatic carbocycles. The van der Waals surface area contributed by atoms with Gasteiger partial charge in [0.2, 0.25) is 5.91 Å². The van der Waals surface area contributed by atoms with Gasteiger partial charge in [0, 0.05) is 36.3 Å². The highest BCUT2D eigenvalue weighted by molar-refractivity contribution is 6.30. The number of halogens is 1. The highest BCUT2D eigenvalue weighted by Gasteiger charge is 2.40. The number of rotatable bonds is 3. The van der Waals surface area contributed by atoms with Crippen LogP contribution in [-0.2, 0) is 4.79 Å². The lowest BCUT2D eigenvalue weighted by molar-refractivity contribution is -0.123. The van der Waals surface area contributed by atoms with Crippen molar-refractivity contribution in [2.75, 3.05) is 19.6 Å². The number of aliphatic hydroxyl groups is 1. The van der Waals surface area contributed by atoms with E-state index in [0.29, 0.717) is 36.6 Å². The zero-order valence-corrected chi connectivity index (χ0v) is 14.2. The number of nitrogens with zero attached hydrogens (tertiary/aromatic N) is 2. The van der Waals surface area contributed by atoms with Gasteiger partial charge in [-0.3, -0.25) is 14.5 Å². The predicted octanol–water partition coefficient (Wildman–Crippen LogP) is 0.865. The van der Waals surface area contributed by atoms with Crippen LogP contribution in [0.5, 0.6) is 0 Å². The summed E-state index contributed by atoms with van der Waals surface area (Å²) in [6.45, 7) is 1.73. The van der Waals surface area contributed by atoms with Gasteiger partial charge >= 0.3 is 0 Å². The molecule has 0 spiro atoms. The third kappa shape index (κ3) is 3.55. The van der Waals surface area contributed by atoms with Crippen LogP contribution in [0.2, 0.25) is 5.02 Å². The predicted molar refractivity (Wildman–Crippen MR) is 90.7 cm³/mol. The van der Waals surface area contributed by atoms with Gasteiger partial charge in [0.1, 0.15) is 0 Å². The highest BCUT2D eigenvalue weighted by Crippen LogP contribution is 2.27. The molecule has 0 aromatic heterocycles. The molecule has 3 N–H and O–H groups in total. The van der Waals surface area contributed by atoms with Crippen molar-refractivity contribution in [2.45, 2.75) is 37.5 Å². The molecular weight excluding hydrogens is 330 g/mol. The van der Waals surface area contributed by atoms with E-state index in [2.05, 4.69) is 0 Å². The minimum absolute atomic E-state index is 0.00183. The zero-order valence-electron chi connectivity index (χ0n) is 13.4. The topological polar surface area (TPSA) is 86.9 Å². The van der Waals surface area contributed by atoms with Gasteiger partial charge in [-0.05, 0) is 43.5 Å². The number of primary amides is 1. The molecule has 2 aliphatic heterocycles. The van der Waals surface area contributed by atoms with Crippen molar-refractivity contribution in [3.63, 3.8) is 0 Å². The van der Waals surface area contributed by atoms with Crippen LogP contribution >= 0.6 is 11.6 Å². The van der Waals surface area contributed by atoms with Crippen LogP contribution in [0.1, 0.15) is 29.6 Å². The van der Waals surface area contributed by atoms with Crippen molar-refractivity contribution in [2.24, 2.45) is 5.73 Å². The third-order valence-electron chi connectivity index (χ3n) is 4.96. The van der Waals surface area contributed by atoms with Crippen LogP contribution in [0.25, 0.3) is 0 Å². The highest BCUT2D eigenvalue weighted by atomic mass is 35.5. The summed E-state index contributed by atoms with van der Waals surface area (Å²) in [6.07, 6.45) is 1.45. The summed E-state index contributed by atoms with van der Waals surface area (Å²) in [5, 5.41) is 10.4. The third-order valence-corrected chi connectivity index (χ3v) is 5.21. The van der Waals surface area contributed by atoms with E-state index in [0.717, 1.165) is 12.8 Å². The van der Waals surface area contributed by atoms with E-state index >= 15 is 0 Å². The molecule has 1 aromatic carbocycles. The van der Waals surface area contributed by atoms with E-state index in [9.17, 15) is 14.7 Å². The van der Waals surface area contributed by atoms with Gasteiger partial charge in [0.05, 0.1) is 12.1 Å². The fourth-order valence-electron chi connectivity index (χ4n) is 3.70. The lowest BCUT2D eigenvalue weighted by atomic mass is 10.0. The summed E-state index contributed by atoms with van der Waals surface area (Å²) < 4.78 is 0. The molecule has 6 nitrogen and oxygen atoms in total. The summed E-state index contributed by atoms with van der Waals surface area (Å²) in [5.74, 6) is -0.385. The molecule has 130 valence electrons. The number of piperidine rings is 1. The summed E-state index contributed by atoms with van der Waals surface area (Å²) in [7, 11) is 0. The minimum Gasteiger partial charge on any atom is -0.392 e. The Kier molecular flexibility index (Phi) is 5.08. The molecule has 2 saturated heterocycles. The number of benzene rings is 1. The van der Waals surface area contributed by atoms with Crippen molar-refractivity contribution >= 4 is 23.4 Å². The summed E-state index contributed by atoms with van der Waals surface area (Å²) in [6, 6.07) is 6.67. The lowest BCUT2D eigenvalue weighted by Crippen LogP contribution is -2.51. The smallest absolute Gasteiger partial charge is 0.253 e. The number of carbonyl (C=O) groups excluding carboxylic acids is 2. The first-order valence-corrected chi connectivity index (χ1v) is 8.61. The Morgan fingerprint density at radius 3 is 2.38 bits per heavy atom. The molecule has 2 aliphatic rings.